The van der Waals surface area contributed by atoms with Gasteiger partial charge in [-0.25, -0.2) is 4.98 Å². The Bertz CT molecular complexity index is 747. The van der Waals surface area contributed by atoms with Crippen LogP contribution < -0.4 is 4.74 Å². The van der Waals surface area contributed by atoms with E-state index in [1.54, 1.807) is 7.11 Å². The second-order valence-electron chi connectivity index (χ2n) is 4.66. The molecule has 3 rings (SSSR count). The first-order chi connectivity index (χ1) is 9.74. The summed E-state index contributed by atoms with van der Waals surface area (Å²) < 4.78 is 7.45. The van der Waals surface area contributed by atoms with E-state index in [4.69, 9.17) is 16.3 Å². The van der Waals surface area contributed by atoms with Gasteiger partial charge in [0.25, 0.3) is 0 Å². The van der Waals surface area contributed by atoms with Crippen molar-refractivity contribution in [1.82, 2.24) is 9.55 Å². The minimum absolute atomic E-state index is 0.353. The van der Waals surface area contributed by atoms with Crippen LogP contribution in [0.2, 0.25) is 0 Å². The third-order valence-electron chi connectivity index (χ3n) is 3.35. The van der Waals surface area contributed by atoms with Crippen LogP contribution in [-0.2, 0) is 5.88 Å². The maximum Gasteiger partial charge on any atom is 0.146 e. The normalized spacial score (nSPS) is 10.9. The van der Waals surface area contributed by atoms with E-state index in [1.165, 1.54) is 5.56 Å². The van der Waals surface area contributed by atoms with Crippen molar-refractivity contribution in [3.05, 3.63) is 53.9 Å². The number of nitrogens with zero attached hydrogens (tertiary/aromatic N) is 2. The van der Waals surface area contributed by atoms with Gasteiger partial charge in [-0.15, -0.1) is 11.6 Å². The molecule has 0 atom stereocenters. The molecular weight excluding hydrogens is 272 g/mol. The van der Waals surface area contributed by atoms with Crippen LogP contribution in [0.25, 0.3) is 16.7 Å². The molecule has 102 valence electrons. The van der Waals surface area contributed by atoms with Crippen molar-refractivity contribution in [2.45, 2.75) is 12.8 Å². The van der Waals surface area contributed by atoms with Crippen LogP contribution in [0, 0.1) is 6.92 Å². The van der Waals surface area contributed by atoms with Crippen LogP contribution in [0.1, 0.15) is 11.4 Å². The van der Waals surface area contributed by atoms with Crippen molar-refractivity contribution in [2.24, 2.45) is 0 Å². The summed E-state index contributed by atoms with van der Waals surface area (Å²) in [5.74, 6) is 1.93. The monoisotopic (exact) mass is 286 g/mol. The van der Waals surface area contributed by atoms with E-state index in [2.05, 4.69) is 40.7 Å². The summed E-state index contributed by atoms with van der Waals surface area (Å²) in [6.07, 6.45) is 0. The lowest BCUT2D eigenvalue weighted by atomic mass is 10.2. The van der Waals surface area contributed by atoms with Gasteiger partial charge in [-0.1, -0.05) is 23.8 Å². The fourth-order valence-electron chi connectivity index (χ4n) is 2.36. The lowest BCUT2D eigenvalue weighted by molar-refractivity contribution is 0.419. The maximum absolute atomic E-state index is 6.06. The number of hydrogen-bond acceptors (Lipinski definition) is 2. The smallest absolute Gasteiger partial charge is 0.146 e. The number of fused-ring (bicyclic) bond motifs is 1. The zero-order chi connectivity index (χ0) is 14.1. The first-order valence-corrected chi connectivity index (χ1v) is 6.95. The number of halogens is 1. The number of benzene rings is 2. The second kappa shape index (κ2) is 5.17. The molecule has 0 saturated carbocycles. The van der Waals surface area contributed by atoms with Crippen LogP contribution in [0.15, 0.2) is 42.5 Å². The molecule has 0 aliphatic rings. The van der Waals surface area contributed by atoms with Crippen molar-refractivity contribution in [3.63, 3.8) is 0 Å². The van der Waals surface area contributed by atoms with E-state index >= 15 is 0 Å². The van der Waals surface area contributed by atoms with Crippen LogP contribution >= 0.6 is 11.6 Å². The van der Waals surface area contributed by atoms with Crippen molar-refractivity contribution >= 4 is 22.6 Å². The number of methoxy groups -OCH3 is 1. The molecule has 0 fully saturated rings. The van der Waals surface area contributed by atoms with Gasteiger partial charge in [-0.2, -0.15) is 0 Å². The number of imidazole rings is 1. The van der Waals surface area contributed by atoms with E-state index in [-0.39, 0.29) is 0 Å². The zero-order valence-electron chi connectivity index (χ0n) is 11.4. The Morgan fingerprint density at radius 3 is 2.55 bits per heavy atom. The van der Waals surface area contributed by atoms with Gasteiger partial charge in [0.2, 0.25) is 0 Å². The lowest BCUT2D eigenvalue weighted by Crippen LogP contribution is -1.99. The molecule has 0 unspecified atom stereocenters. The SMILES string of the molecule is COc1cccc2c1nc(CCl)n2-c1ccc(C)cc1. The van der Waals surface area contributed by atoms with Gasteiger partial charge in [0.05, 0.1) is 18.5 Å². The summed E-state index contributed by atoms with van der Waals surface area (Å²) in [7, 11) is 1.65. The van der Waals surface area contributed by atoms with Gasteiger partial charge >= 0.3 is 0 Å². The van der Waals surface area contributed by atoms with Gasteiger partial charge in [0.15, 0.2) is 0 Å². The van der Waals surface area contributed by atoms with Crippen molar-refractivity contribution in [3.8, 4) is 11.4 Å². The molecule has 0 spiro atoms. The Morgan fingerprint density at radius 1 is 1.15 bits per heavy atom. The highest BCUT2D eigenvalue weighted by atomic mass is 35.5. The van der Waals surface area contributed by atoms with Crippen LogP contribution in [0.5, 0.6) is 5.75 Å². The number of rotatable bonds is 3. The Kier molecular flexibility index (Phi) is 3.36. The largest absolute Gasteiger partial charge is 0.494 e. The molecule has 0 N–H and O–H groups in total. The van der Waals surface area contributed by atoms with E-state index in [0.29, 0.717) is 5.88 Å². The highest BCUT2D eigenvalue weighted by Gasteiger charge is 2.14. The lowest BCUT2D eigenvalue weighted by Gasteiger charge is -2.08. The zero-order valence-corrected chi connectivity index (χ0v) is 12.2. The number of hydrogen-bond donors (Lipinski definition) is 0. The molecule has 0 bridgehead atoms. The molecule has 0 saturated heterocycles. The number of alkyl halides is 1. The number of aryl methyl sites for hydroxylation is 1. The molecule has 0 amide bonds. The standard InChI is InChI=1S/C16H15ClN2O/c1-11-6-8-12(9-7-11)19-13-4-3-5-14(20-2)16(13)18-15(19)10-17/h3-9H,10H2,1-2H3. The minimum atomic E-state index is 0.353. The van der Waals surface area contributed by atoms with E-state index < -0.39 is 0 Å². The molecule has 1 heterocycles. The topological polar surface area (TPSA) is 27.1 Å². The van der Waals surface area contributed by atoms with Crippen molar-refractivity contribution in [1.29, 1.82) is 0 Å². The number of aromatic nitrogens is 2. The average Bonchev–Trinajstić information content (AvgIpc) is 2.86. The Morgan fingerprint density at radius 2 is 1.90 bits per heavy atom. The van der Waals surface area contributed by atoms with Crippen LogP contribution in [-0.4, -0.2) is 16.7 Å². The first kappa shape index (κ1) is 13.0. The van der Waals surface area contributed by atoms with E-state index in [9.17, 15) is 0 Å². The molecule has 0 aliphatic heterocycles. The summed E-state index contributed by atoms with van der Waals surface area (Å²) in [5.41, 5.74) is 4.13. The number of para-hydroxylation sites is 1. The maximum atomic E-state index is 6.06. The third kappa shape index (κ3) is 2.04. The molecule has 1 aromatic heterocycles. The van der Waals surface area contributed by atoms with Gasteiger partial charge < -0.3 is 4.74 Å². The molecule has 0 aliphatic carbocycles. The first-order valence-electron chi connectivity index (χ1n) is 6.42. The Hall–Kier alpha value is -2.00. The van der Waals surface area contributed by atoms with Crippen molar-refractivity contribution < 1.29 is 4.74 Å². The van der Waals surface area contributed by atoms with Gasteiger partial charge in [0.1, 0.15) is 17.1 Å². The number of ether oxygens (including phenoxy) is 1. The molecule has 0 radical (unpaired) electrons. The molecule has 20 heavy (non-hydrogen) atoms. The minimum Gasteiger partial charge on any atom is -0.494 e. The Balaban J connectivity index is 2.30. The van der Waals surface area contributed by atoms with Gasteiger partial charge in [-0.05, 0) is 31.2 Å². The summed E-state index contributed by atoms with van der Waals surface area (Å²) in [5, 5.41) is 0. The van der Waals surface area contributed by atoms with Crippen molar-refractivity contribution in [2.75, 3.05) is 7.11 Å². The summed E-state index contributed by atoms with van der Waals surface area (Å²) >= 11 is 6.06. The fourth-order valence-corrected chi connectivity index (χ4v) is 2.54. The summed E-state index contributed by atoms with van der Waals surface area (Å²) in [4.78, 5) is 4.61. The highest BCUT2D eigenvalue weighted by molar-refractivity contribution is 6.17. The van der Waals surface area contributed by atoms with Gasteiger partial charge in [-0.3, -0.25) is 4.57 Å². The average molecular weight is 287 g/mol. The second-order valence-corrected chi connectivity index (χ2v) is 4.93. The molecule has 2 aromatic carbocycles. The van der Waals surface area contributed by atoms with Crippen LogP contribution in [0.4, 0.5) is 0 Å². The Labute approximate surface area is 122 Å². The quantitative estimate of drug-likeness (QED) is 0.678. The fraction of sp³-hybridized carbons (Fsp3) is 0.188. The molecule has 3 aromatic rings. The van der Waals surface area contributed by atoms with E-state index in [1.807, 2.05) is 18.2 Å². The molecule has 3 nitrogen and oxygen atoms in total. The van der Waals surface area contributed by atoms with Crippen LogP contribution in [0.3, 0.4) is 0 Å². The van der Waals surface area contributed by atoms with Gasteiger partial charge in [0, 0.05) is 5.69 Å². The predicted molar refractivity (Wildman–Crippen MR) is 81.9 cm³/mol. The van der Waals surface area contributed by atoms with E-state index in [0.717, 1.165) is 28.3 Å². The summed E-state index contributed by atoms with van der Waals surface area (Å²) in [6, 6.07) is 14.2. The summed E-state index contributed by atoms with van der Waals surface area (Å²) in [6.45, 7) is 2.07. The molecule has 4 heteroatoms. The third-order valence-corrected chi connectivity index (χ3v) is 3.59. The highest BCUT2D eigenvalue weighted by Crippen LogP contribution is 2.29. The predicted octanol–water partition coefficient (Wildman–Crippen LogP) is 4.08. The molecular formula is C16H15ClN2O.